The van der Waals surface area contributed by atoms with Crippen molar-refractivity contribution in [3.8, 4) is 12.3 Å². The van der Waals surface area contributed by atoms with Gasteiger partial charge >= 0.3 is 0 Å². The Labute approximate surface area is 86.1 Å². The molecule has 3 N–H and O–H groups in total. The van der Waals surface area contributed by atoms with Gasteiger partial charge in [0.15, 0.2) is 0 Å². The van der Waals surface area contributed by atoms with Gasteiger partial charge in [-0.3, -0.25) is 4.79 Å². The molecule has 4 heteroatoms. The van der Waals surface area contributed by atoms with E-state index in [4.69, 9.17) is 6.42 Å². The lowest BCUT2D eigenvalue weighted by molar-refractivity contribution is -0.120. The van der Waals surface area contributed by atoms with Gasteiger partial charge in [0.05, 0.1) is 12.5 Å². The molecule has 0 aromatic heterocycles. The van der Waals surface area contributed by atoms with Crippen LogP contribution < -0.4 is 11.2 Å². The third kappa shape index (κ3) is 17.2. The highest BCUT2D eigenvalue weighted by atomic mass is 16.6. The number of nitrogens with one attached hydrogen (secondary N) is 1. The Morgan fingerprint density at radius 3 is 2.14 bits per heavy atom. The SMILES string of the molecule is C#CCC(=O)NC(C)C.CC(C)ON. The Kier molecular flexibility index (Phi) is 11.1. The molecule has 0 saturated heterocycles. The van der Waals surface area contributed by atoms with Crippen LogP contribution in [0.15, 0.2) is 0 Å². The molecule has 0 bridgehead atoms. The summed E-state index contributed by atoms with van der Waals surface area (Å²) in [5.41, 5.74) is 0. The summed E-state index contributed by atoms with van der Waals surface area (Å²) in [6.07, 6.45) is 5.24. The van der Waals surface area contributed by atoms with Crippen LogP contribution in [0.3, 0.4) is 0 Å². The second kappa shape index (κ2) is 10.0. The van der Waals surface area contributed by atoms with Gasteiger partial charge in [0.2, 0.25) is 5.91 Å². The summed E-state index contributed by atoms with van der Waals surface area (Å²) in [5, 5.41) is 2.66. The molecule has 4 nitrogen and oxygen atoms in total. The molecule has 0 aliphatic heterocycles. The Hall–Kier alpha value is -1.05. The molecule has 0 atom stereocenters. The van der Waals surface area contributed by atoms with Crippen molar-refractivity contribution in [1.82, 2.24) is 5.32 Å². The minimum atomic E-state index is -0.0764. The highest BCUT2D eigenvalue weighted by Crippen LogP contribution is 1.79. The maximum Gasteiger partial charge on any atom is 0.232 e. The number of amides is 1. The van der Waals surface area contributed by atoms with Crippen molar-refractivity contribution in [1.29, 1.82) is 0 Å². The van der Waals surface area contributed by atoms with E-state index >= 15 is 0 Å². The van der Waals surface area contributed by atoms with E-state index in [1.807, 2.05) is 27.7 Å². The fraction of sp³-hybridized carbons (Fsp3) is 0.700. The monoisotopic (exact) mass is 200 g/mol. The molecular weight excluding hydrogens is 180 g/mol. The van der Waals surface area contributed by atoms with E-state index in [1.165, 1.54) is 0 Å². The van der Waals surface area contributed by atoms with Crippen LogP contribution in [0.1, 0.15) is 34.1 Å². The number of carbonyl (C=O) groups is 1. The van der Waals surface area contributed by atoms with Crippen molar-refractivity contribution >= 4 is 5.91 Å². The van der Waals surface area contributed by atoms with E-state index in [0.29, 0.717) is 0 Å². The lowest BCUT2D eigenvalue weighted by atomic mass is 10.3. The average Bonchev–Trinajstić information content (AvgIpc) is 2.04. The molecule has 0 heterocycles. The van der Waals surface area contributed by atoms with Gasteiger partial charge in [0.1, 0.15) is 0 Å². The van der Waals surface area contributed by atoms with Crippen molar-refractivity contribution in [2.45, 2.75) is 46.3 Å². The fourth-order valence-electron chi connectivity index (χ4n) is 0.466. The molecule has 0 saturated carbocycles. The summed E-state index contributed by atoms with van der Waals surface area (Å²) >= 11 is 0. The Morgan fingerprint density at radius 1 is 1.50 bits per heavy atom. The Balaban J connectivity index is 0. The van der Waals surface area contributed by atoms with Crippen LogP contribution in [0, 0.1) is 12.3 Å². The minimum absolute atomic E-state index is 0.0764. The summed E-state index contributed by atoms with van der Waals surface area (Å²) in [5.74, 6) is 6.86. The number of nitrogens with two attached hydrogens (primary N) is 1. The summed E-state index contributed by atoms with van der Waals surface area (Å²) < 4.78 is 0. The highest BCUT2D eigenvalue weighted by Gasteiger charge is 1.98. The van der Waals surface area contributed by atoms with Crippen molar-refractivity contribution in [3.05, 3.63) is 0 Å². The van der Waals surface area contributed by atoms with Gasteiger partial charge in [-0.1, -0.05) is 5.92 Å². The van der Waals surface area contributed by atoms with Crippen LogP contribution in [0.2, 0.25) is 0 Å². The molecule has 0 spiro atoms. The normalized spacial score (nSPS) is 9.00. The summed E-state index contributed by atoms with van der Waals surface area (Å²) in [7, 11) is 0. The standard InChI is InChI=1S/C7H11NO.C3H9NO/c1-4-5-7(9)8-6(2)3;1-3(2)5-4/h1,6H,5H2,2-3H3,(H,8,9);3H,4H2,1-2H3. The lowest BCUT2D eigenvalue weighted by Gasteiger charge is -2.04. The van der Waals surface area contributed by atoms with Gasteiger partial charge in [-0.05, 0) is 27.7 Å². The molecule has 82 valence electrons. The second-order valence-corrected chi connectivity index (χ2v) is 3.29. The van der Waals surface area contributed by atoms with Crippen molar-refractivity contribution in [2.24, 2.45) is 5.90 Å². The van der Waals surface area contributed by atoms with Crippen LogP contribution >= 0.6 is 0 Å². The molecule has 0 aliphatic carbocycles. The first-order valence-electron chi connectivity index (χ1n) is 4.52. The second-order valence-electron chi connectivity index (χ2n) is 3.29. The van der Waals surface area contributed by atoms with Gasteiger partial charge in [-0.2, -0.15) is 0 Å². The molecule has 0 rings (SSSR count). The first-order valence-corrected chi connectivity index (χ1v) is 4.52. The first kappa shape index (κ1) is 15.4. The van der Waals surface area contributed by atoms with E-state index in [0.717, 1.165) is 0 Å². The zero-order valence-corrected chi connectivity index (χ0v) is 9.33. The maximum absolute atomic E-state index is 10.6. The molecule has 0 aliphatic rings. The summed E-state index contributed by atoms with van der Waals surface area (Å²) in [6, 6.07) is 0.186. The third-order valence-electron chi connectivity index (χ3n) is 0.984. The molecule has 14 heavy (non-hydrogen) atoms. The smallest absolute Gasteiger partial charge is 0.232 e. The van der Waals surface area contributed by atoms with Crippen LogP contribution in [-0.4, -0.2) is 18.1 Å². The molecule has 0 fully saturated rings. The van der Waals surface area contributed by atoms with Crippen molar-refractivity contribution in [2.75, 3.05) is 0 Å². The summed E-state index contributed by atoms with van der Waals surface area (Å²) in [6.45, 7) is 7.54. The molecule has 1 amide bonds. The van der Waals surface area contributed by atoms with E-state index in [1.54, 1.807) is 0 Å². The molecule has 0 unspecified atom stereocenters. The largest absolute Gasteiger partial charge is 0.353 e. The van der Waals surface area contributed by atoms with Crippen LogP contribution in [0.5, 0.6) is 0 Å². The van der Waals surface area contributed by atoms with E-state index in [-0.39, 0.29) is 24.5 Å². The first-order chi connectivity index (χ1) is 6.43. The van der Waals surface area contributed by atoms with E-state index in [2.05, 4.69) is 22.0 Å². The minimum Gasteiger partial charge on any atom is -0.353 e. The van der Waals surface area contributed by atoms with Gasteiger partial charge in [-0.15, -0.1) is 6.42 Å². The predicted octanol–water partition coefficient (Wildman–Crippen LogP) is 0.819. The zero-order chi connectivity index (χ0) is 11.6. The number of terminal acetylenes is 1. The Bertz CT molecular complexity index is 183. The quantitative estimate of drug-likeness (QED) is 0.523. The topological polar surface area (TPSA) is 64.3 Å². The average molecular weight is 200 g/mol. The van der Waals surface area contributed by atoms with Crippen molar-refractivity contribution in [3.63, 3.8) is 0 Å². The molecule has 0 aromatic rings. The molecular formula is C10H20N2O2. The van der Waals surface area contributed by atoms with Gasteiger partial charge in [-0.25, -0.2) is 5.90 Å². The van der Waals surface area contributed by atoms with Gasteiger partial charge in [0.25, 0.3) is 0 Å². The lowest BCUT2D eigenvalue weighted by Crippen LogP contribution is -2.29. The third-order valence-corrected chi connectivity index (χ3v) is 0.984. The maximum atomic E-state index is 10.6. The van der Waals surface area contributed by atoms with Gasteiger partial charge < -0.3 is 10.2 Å². The van der Waals surface area contributed by atoms with E-state index < -0.39 is 0 Å². The summed E-state index contributed by atoms with van der Waals surface area (Å²) in [4.78, 5) is 14.8. The number of hydrogen-bond acceptors (Lipinski definition) is 3. The van der Waals surface area contributed by atoms with Crippen LogP contribution in [-0.2, 0) is 9.63 Å². The van der Waals surface area contributed by atoms with E-state index in [9.17, 15) is 4.79 Å². The van der Waals surface area contributed by atoms with Crippen molar-refractivity contribution < 1.29 is 9.63 Å². The zero-order valence-electron chi connectivity index (χ0n) is 9.33. The highest BCUT2D eigenvalue weighted by molar-refractivity contribution is 5.78. The Morgan fingerprint density at radius 2 is 1.93 bits per heavy atom. The van der Waals surface area contributed by atoms with Gasteiger partial charge in [0, 0.05) is 6.04 Å². The van der Waals surface area contributed by atoms with Crippen LogP contribution in [0.4, 0.5) is 0 Å². The number of rotatable bonds is 3. The number of carbonyl (C=O) groups excluding carboxylic acids is 1. The fourth-order valence-corrected chi connectivity index (χ4v) is 0.466. The molecule has 0 aromatic carbocycles. The molecule has 0 radical (unpaired) electrons. The predicted molar refractivity (Wildman–Crippen MR) is 57.1 cm³/mol. The van der Waals surface area contributed by atoms with Crippen LogP contribution in [0.25, 0.3) is 0 Å². The number of hydrogen-bond donors (Lipinski definition) is 2.